The molecule has 8 nitrogen and oxygen atoms in total. The number of pyridine rings is 2. The number of nitrogens with zero attached hydrogens (tertiary/aromatic N) is 5. The van der Waals surface area contributed by atoms with Crippen LogP contribution in [0.2, 0.25) is 0 Å². The number of imidazole rings is 1. The van der Waals surface area contributed by atoms with Gasteiger partial charge >= 0.3 is 0 Å². The zero-order chi connectivity index (χ0) is 24.4. The van der Waals surface area contributed by atoms with Crippen LogP contribution in [0.1, 0.15) is 23.9 Å². The largest absolute Gasteiger partial charge is 0.309 e. The van der Waals surface area contributed by atoms with Gasteiger partial charge in [-0.05, 0) is 63.2 Å². The number of nitrogens with one attached hydrogen (secondary N) is 2. The smallest absolute Gasteiger partial charge is 0.242 e. The molecular formula is C27H23N7O. The lowest BCUT2D eigenvalue weighted by Gasteiger charge is -2.12. The molecule has 4 aromatic heterocycles. The third-order valence-corrected chi connectivity index (χ3v) is 5.76. The summed E-state index contributed by atoms with van der Waals surface area (Å²) in [6.07, 6.45) is 7.06. The number of anilines is 1. The van der Waals surface area contributed by atoms with Gasteiger partial charge in [-0.3, -0.25) is 19.2 Å². The van der Waals surface area contributed by atoms with Gasteiger partial charge in [-0.1, -0.05) is 12.0 Å². The van der Waals surface area contributed by atoms with E-state index >= 15 is 0 Å². The minimum absolute atomic E-state index is 0.175. The van der Waals surface area contributed by atoms with Crippen molar-refractivity contribution in [3.63, 3.8) is 0 Å². The molecule has 0 saturated carbocycles. The molecule has 35 heavy (non-hydrogen) atoms. The minimum atomic E-state index is -0.356. The minimum Gasteiger partial charge on any atom is -0.309 e. The molecule has 0 fully saturated rings. The summed E-state index contributed by atoms with van der Waals surface area (Å²) < 4.78 is 1.97. The summed E-state index contributed by atoms with van der Waals surface area (Å²) >= 11 is 0. The van der Waals surface area contributed by atoms with E-state index in [1.807, 2.05) is 53.9 Å². The van der Waals surface area contributed by atoms with Crippen LogP contribution in [0.4, 0.5) is 5.82 Å². The van der Waals surface area contributed by atoms with E-state index in [9.17, 15) is 4.79 Å². The number of hydrogen-bond acceptors (Lipinski definition) is 6. The van der Waals surface area contributed by atoms with Crippen LogP contribution in [-0.2, 0) is 4.79 Å². The van der Waals surface area contributed by atoms with Gasteiger partial charge in [0.25, 0.3) is 0 Å². The fraction of sp³-hybridized carbons (Fsp3) is 0.148. The van der Waals surface area contributed by atoms with Gasteiger partial charge in [-0.2, -0.15) is 0 Å². The average molecular weight is 462 g/mol. The molecule has 1 unspecified atom stereocenters. The molecule has 8 heteroatoms. The molecule has 0 aliphatic heterocycles. The summed E-state index contributed by atoms with van der Waals surface area (Å²) in [4.78, 5) is 30.3. The number of likely N-dealkylation sites (N-methyl/N-ethyl adjacent to an activating group) is 1. The van der Waals surface area contributed by atoms with E-state index in [1.165, 1.54) is 0 Å². The number of aryl methyl sites for hydroxylation is 1. The third-order valence-electron chi connectivity index (χ3n) is 5.76. The van der Waals surface area contributed by atoms with Crippen molar-refractivity contribution in [1.82, 2.24) is 29.7 Å². The van der Waals surface area contributed by atoms with E-state index in [0.717, 1.165) is 39.1 Å². The Balaban J connectivity index is 1.62. The molecule has 2 N–H and O–H groups in total. The Morgan fingerprint density at radius 1 is 1.09 bits per heavy atom. The van der Waals surface area contributed by atoms with E-state index in [1.54, 1.807) is 38.6 Å². The Labute approximate surface area is 202 Å². The molecule has 0 aliphatic rings. The Bertz CT molecular complexity index is 1630. The van der Waals surface area contributed by atoms with Gasteiger partial charge in [0, 0.05) is 35.1 Å². The molecular weight excluding hydrogens is 438 g/mol. The van der Waals surface area contributed by atoms with Gasteiger partial charge in [0.05, 0.1) is 29.1 Å². The monoisotopic (exact) mass is 461 g/mol. The first kappa shape index (κ1) is 22.2. The summed E-state index contributed by atoms with van der Waals surface area (Å²) in [7, 11) is 1.74. The van der Waals surface area contributed by atoms with Crippen molar-refractivity contribution in [2.75, 3.05) is 12.4 Å². The van der Waals surface area contributed by atoms with E-state index in [4.69, 9.17) is 4.98 Å². The number of rotatable bonds is 4. The van der Waals surface area contributed by atoms with Gasteiger partial charge in [-0.25, -0.2) is 9.97 Å². The van der Waals surface area contributed by atoms with Crippen molar-refractivity contribution in [3.05, 3.63) is 84.2 Å². The first-order valence-corrected chi connectivity index (χ1v) is 11.2. The van der Waals surface area contributed by atoms with Crippen LogP contribution in [0.25, 0.3) is 27.8 Å². The van der Waals surface area contributed by atoms with Gasteiger partial charge in [0.2, 0.25) is 5.91 Å². The summed E-state index contributed by atoms with van der Waals surface area (Å²) in [5, 5.41) is 6.80. The lowest BCUT2D eigenvalue weighted by molar-refractivity contribution is -0.117. The first-order chi connectivity index (χ1) is 17.0. The third kappa shape index (κ3) is 4.45. The van der Waals surface area contributed by atoms with Crippen molar-refractivity contribution in [2.45, 2.75) is 19.9 Å². The van der Waals surface area contributed by atoms with Crippen LogP contribution in [0.15, 0.2) is 67.3 Å². The zero-order valence-electron chi connectivity index (χ0n) is 19.6. The Kier molecular flexibility index (Phi) is 5.92. The highest BCUT2D eigenvalue weighted by molar-refractivity contribution is 5.94. The summed E-state index contributed by atoms with van der Waals surface area (Å²) in [6, 6.07) is 13.1. The lowest BCUT2D eigenvalue weighted by atomic mass is 10.1. The molecule has 0 radical (unpaired) electrons. The Morgan fingerprint density at radius 3 is 2.83 bits per heavy atom. The van der Waals surface area contributed by atoms with Gasteiger partial charge < -0.3 is 10.6 Å². The van der Waals surface area contributed by atoms with Crippen molar-refractivity contribution >= 4 is 28.3 Å². The number of benzene rings is 1. The maximum Gasteiger partial charge on any atom is 0.242 e. The molecule has 0 saturated heterocycles. The standard InChI is InChI=1S/C27H23N7O/c1-17-26(34-14-13-29-16-25(34)31-17)21-8-11-24(33-27(35)18(2)28-3)32-23(21)10-7-19-6-9-22-20(15-19)5-4-12-30-22/h4-6,8-9,11-16,18,28H,1-3H3,(H,32,33,35). The molecule has 1 aromatic carbocycles. The fourth-order valence-corrected chi connectivity index (χ4v) is 3.81. The molecule has 5 rings (SSSR count). The van der Waals surface area contributed by atoms with Gasteiger partial charge in [0.1, 0.15) is 11.5 Å². The topological polar surface area (TPSA) is 97.1 Å². The van der Waals surface area contributed by atoms with Crippen molar-refractivity contribution < 1.29 is 4.79 Å². The average Bonchev–Trinajstić information content (AvgIpc) is 3.22. The molecule has 0 bridgehead atoms. The van der Waals surface area contributed by atoms with E-state index in [-0.39, 0.29) is 11.9 Å². The number of fused-ring (bicyclic) bond motifs is 2. The summed E-state index contributed by atoms with van der Waals surface area (Å²) in [5.41, 5.74) is 5.55. The number of hydrogen-bond donors (Lipinski definition) is 2. The highest BCUT2D eigenvalue weighted by Gasteiger charge is 2.17. The van der Waals surface area contributed by atoms with Crippen molar-refractivity contribution in [3.8, 4) is 23.1 Å². The van der Waals surface area contributed by atoms with Crippen LogP contribution in [-0.4, -0.2) is 43.3 Å². The predicted octanol–water partition coefficient (Wildman–Crippen LogP) is 3.59. The summed E-state index contributed by atoms with van der Waals surface area (Å²) in [6.45, 7) is 3.73. The molecule has 0 spiro atoms. The first-order valence-electron chi connectivity index (χ1n) is 11.2. The summed E-state index contributed by atoms with van der Waals surface area (Å²) in [5.74, 6) is 6.71. The SMILES string of the molecule is CNC(C)C(=O)Nc1ccc(-c2c(C)nc3cnccn23)c(C#Cc2ccc3ncccc3c2)n1. The molecule has 172 valence electrons. The van der Waals surface area contributed by atoms with Crippen LogP contribution < -0.4 is 10.6 Å². The van der Waals surface area contributed by atoms with Crippen LogP contribution in [0.5, 0.6) is 0 Å². The highest BCUT2D eigenvalue weighted by atomic mass is 16.2. The van der Waals surface area contributed by atoms with Crippen LogP contribution in [0, 0.1) is 18.8 Å². The molecule has 1 amide bonds. The maximum atomic E-state index is 12.4. The predicted molar refractivity (Wildman–Crippen MR) is 136 cm³/mol. The number of aromatic nitrogens is 5. The molecule has 0 aliphatic carbocycles. The number of amides is 1. The maximum absolute atomic E-state index is 12.4. The second-order valence-electron chi connectivity index (χ2n) is 8.10. The molecule has 4 heterocycles. The second-order valence-corrected chi connectivity index (χ2v) is 8.10. The zero-order valence-corrected chi connectivity index (χ0v) is 19.6. The van der Waals surface area contributed by atoms with Gasteiger partial charge in [0.15, 0.2) is 5.65 Å². The number of carbonyl (C=O) groups excluding carboxylic acids is 1. The molecule has 5 aromatic rings. The lowest BCUT2D eigenvalue weighted by Crippen LogP contribution is -2.35. The van der Waals surface area contributed by atoms with Crippen molar-refractivity contribution in [2.24, 2.45) is 0 Å². The van der Waals surface area contributed by atoms with Crippen LogP contribution >= 0.6 is 0 Å². The van der Waals surface area contributed by atoms with E-state index in [0.29, 0.717) is 11.5 Å². The van der Waals surface area contributed by atoms with Crippen molar-refractivity contribution in [1.29, 1.82) is 0 Å². The van der Waals surface area contributed by atoms with Gasteiger partial charge in [-0.15, -0.1) is 0 Å². The molecule has 1 atom stereocenters. The Hall–Kier alpha value is -4.61. The fourth-order valence-electron chi connectivity index (χ4n) is 3.81. The highest BCUT2D eigenvalue weighted by Crippen LogP contribution is 2.28. The normalized spacial score (nSPS) is 11.7. The van der Waals surface area contributed by atoms with E-state index in [2.05, 4.69) is 37.4 Å². The van der Waals surface area contributed by atoms with E-state index < -0.39 is 0 Å². The second kappa shape index (κ2) is 9.33. The Morgan fingerprint density at radius 2 is 1.97 bits per heavy atom. The quantitative estimate of drug-likeness (QED) is 0.397. The van der Waals surface area contributed by atoms with Crippen LogP contribution in [0.3, 0.4) is 0 Å². The number of carbonyl (C=O) groups is 1.